The van der Waals surface area contributed by atoms with Gasteiger partial charge >= 0.3 is 5.97 Å². The van der Waals surface area contributed by atoms with E-state index in [1.165, 1.54) is 7.11 Å². The first-order valence-electron chi connectivity index (χ1n) is 5.37. The van der Waals surface area contributed by atoms with Crippen LogP contribution in [0, 0.1) is 6.92 Å². The standard InChI is InChI=1S/C13H18O4/c1-9-7-10(12(14)16-4)5-6-11(9)17-8-13(2,3)15/h5-7,15H,8H2,1-4H3. The third-order valence-electron chi connectivity index (χ3n) is 2.18. The molecule has 4 nitrogen and oxygen atoms in total. The number of hydrogen-bond acceptors (Lipinski definition) is 4. The van der Waals surface area contributed by atoms with Gasteiger partial charge in [0.15, 0.2) is 0 Å². The van der Waals surface area contributed by atoms with Gasteiger partial charge in [-0.05, 0) is 44.5 Å². The first-order chi connectivity index (χ1) is 7.83. The molecule has 1 aromatic carbocycles. The number of methoxy groups -OCH3 is 1. The Labute approximate surface area is 101 Å². The maximum atomic E-state index is 11.3. The third-order valence-corrected chi connectivity index (χ3v) is 2.18. The second-order valence-corrected chi connectivity index (χ2v) is 4.57. The monoisotopic (exact) mass is 238 g/mol. The first-order valence-corrected chi connectivity index (χ1v) is 5.37. The number of benzene rings is 1. The van der Waals surface area contributed by atoms with Gasteiger partial charge in [0.05, 0.1) is 18.3 Å². The lowest BCUT2D eigenvalue weighted by Gasteiger charge is -2.19. The summed E-state index contributed by atoms with van der Waals surface area (Å²) < 4.78 is 10.1. The molecule has 0 saturated heterocycles. The van der Waals surface area contributed by atoms with E-state index in [0.717, 1.165) is 5.56 Å². The van der Waals surface area contributed by atoms with Crippen molar-refractivity contribution in [2.45, 2.75) is 26.4 Å². The van der Waals surface area contributed by atoms with Crippen molar-refractivity contribution in [3.8, 4) is 5.75 Å². The molecule has 0 spiro atoms. The molecule has 0 atom stereocenters. The Balaban J connectivity index is 2.80. The van der Waals surface area contributed by atoms with Gasteiger partial charge in [-0.25, -0.2) is 4.79 Å². The van der Waals surface area contributed by atoms with Crippen molar-refractivity contribution in [1.82, 2.24) is 0 Å². The number of carbonyl (C=O) groups excluding carboxylic acids is 1. The minimum Gasteiger partial charge on any atom is -0.490 e. The normalized spacial score (nSPS) is 11.1. The lowest BCUT2D eigenvalue weighted by molar-refractivity contribution is 0.0282. The summed E-state index contributed by atoms with van der Waals surface area (Å²) in [5.74, 6) is 0.280. The molecule has 0 aliphatic rings. The average Bonchev–Trinajstić information content (AvgIpc) is 2.25. The molecule has 0 bridgehead atoms. The molecule has 1 aromatic rings. The highest BCUT2D eigenvalue weighted by Crippen LogP contribution is 2.20. The Morgan fingerprint density at radius 2 is 2.06 bits per heavy atom. The van der Waals surface area contributed by atoms with Crippen molar-refractivity contribution < 1.29 is 19.4 Å². The zero-order valence-electron chi connectivity index (χ0n) is 10.6. The number of aliphatic hydroxyl groups is 1. The minimum absolute atomic E-state index is 0.200. The number of hydrogen-bond donors (Lipinski definition) is 1. The maximum absolute atomic E-state index is 11.3. The van der Waals surface area contributed by atoms with Crippen LogP contribution in [-0.4, -0.2) is 30.4 Å². The van der Waals surface area contributed by atoms with Crippen LogP contribution in [0.25, 0.3) is 0 Å². The Morgan fingerprint density at radius 1 is 1.41 bits per heavy atom. The van der Waals surface area contributed by atoms with E-state index >= 15 is 0 Å². The number of ether oxygens (including phenoxy) is 2. The molecule has 94 valence electrons. The van der Waals surface area contributed by atoms with Crippen molar-refractivity contribution >= 4 is 5.97 Å². The van der Waals surface area contributed by atoms with E-state index in [1.54, 1.807) is 32.0 Å². The van der Waals surface area contributed by atoms with Crippen LogP contribution >= 0.6 is 0 Å². The molecule has 4 heteroatoms. The molecule has 1 N–H and O–H groups in total. The molecule has 0 aliphatic heterocycles. The van der Waals surface area contributed by atoms with Gasteiger partial charge in [-0.2, -0.15) is 0 Å². The van der Waals surface area contributed by atoms with Crippen LogP contribution < -0.4 is 4.74 Å². The summed E-state index contributed by atoms with van der Waals surface area (Å²) in [5.41, 5.74) is 0.436. The third kappa shape index (κ3) is 4.07. The van der Waals surface area contributed by atoms with Gasteiger partial charge in [0, 0.05) is 0 Å². The molecule has 1 rings (SSSR count). The van der Waals surface area contributed by atoms with Gasteiger partial charge in [0.1, 0.15) is 12.4 Å². The van der Waals surface area contributed by atoms with E-state index < -0.39 is 5.60 Å². The fourth-order valence-corrected chi connectivity index (χ4v) is 1.31. The van der Waals surface area contributed by atoms with Gasteiger partial charge in [-0.3, -0.25) is 0 Å². The molecule has 0 aromatic heterocycles. The van der Waals surface area contributed by atoms with Crippen LogP contribution in [0.4, 0.5) is 0 Å². The van der Waals surface area contributed by atoms with Crippen LogP contribution in [0.2, 0.25) is 0 Å². The fraction of sp³-hybridized carbons (Fsp3) is 0.462. The summed E-state index contributed by atoms with van der Waals surface area (Å²) in [7, 11) is 1.34. The van der Waals surface area contributed by atoms with Crippen molar-refractivity contribution in [2.75, 3.05) is 13.7 Å². The molecule has 0 aliphatic carbocycles. The zero-order valence-corrected chi connectivity index (χ0v) is 10.6. The average molecular weight is 238 g/mol. The highest BCUT2D eigenvalue weighted by atomic mass is 16.5. The SMILES string of the molecule is COC(=O)c1ccc(OCC(C)(C)O)c(C)c1. The molecule has 0 saturated carbocycles. The van der Waals surface area contributed by atoms with Crippen LogP contribution in [0.1, 0.15) is 29.8 Å². The molecular weight excluding hydrogens is 220 g/mol. The molecule has 0 radical (unpaired) electrons. The van der Waals surface area contributed by atoms with Crippen LogP contribution in [-0.2, 0) is 4.74 Å². The Kier molecular flexibility index (Phi) is 4.12. The largest absolute Gasteiger partial charge is 0.490 e. The number of rotatable bonds is 4. The van der Waals surface area contributed by atoms with Gasteiger partial charge in [-0.1, -0.05) is 0 Å². The quantitative estimate of drug-likeness (QED) is 0.814. The van der Waals surface area contributed by atoms with E-state index in [9.17, 15) is 9.90 Å². The van der Waals surface area contributed by atoms with Crippen LogP contribution in [0.5, 0.6) is 5.75 Å². The fourth-order valence-electron chi connectivity index (χ4n) is 1.31. The summed E-state index contributed by atoms with van der Waals surface area (Å²) >= 11 is 0. The molecule has 0 heterocycles. The van der Waals surface area contributed by atoms with E-state index in [1.807, 2.05) is 6.92 Å². The van der Waals surface area contributed by atoms with Crippen molar-refractivity contribution in [3.63, 3.8) is 0 Å². The van der Waals surface area contributed by atoms with Gasteiger partial charge in [0.2, 0.25) is 0 Å². The summed E-state index contributed by atoms with van der Waals surface area (Å²) in [6, 6.07) is 5.04. The van der Waals surface area contributed by atoms with Crippen LogP contribution in [0.15, 0.2) is 18.2 Å². The van der Waals surface area contributed by atoms with Crippen LogP contribution in [0.3, 0.4) is 0 Å². The van der Waals surface area contributed by atoms with E-state index in [-0.39, 0.29) is 12.6 Å². The van der Waals surface area contributed by atoms with Gasteiger partial charge < -0.3 is 14.6 Å². The predicted molar refractivity (Wildman–Crippen MR) is 64.3 cm³/mol. The topological polar surface area (TPSA) is 55.8 Å². The molecule has 17 heavy (non-hydrogen) atoms. The number of aryl methyl sites for hydroxylation is 1. The van der Waals surface area contributed by atoms with Crippen molar-refractivity contribution in [3.05, 3.63) is 29.3 Å². The Morgan fingerprint density at radius 3 is 2.53 bits per heavy atom. The van der Waals surface area contributed by atoms with E-state index in [4.69, 9.17) is 4.74 Å². The summed E-state index contributed by atoms with van der Waals surface area (Å²) in [6.07, 6.45) is 0. The highest BCUT2D eigenvalue weighted by molar-refractivity contribution is 5.89. The van der Waals surface area contributed by atoms with Gasteiger partial charge in [-0.15, -0.1) is 0 Å². The lowest BCUT2D eigenvalue weighted by Crippen LogP contribution is -2.28. The molecular formula is C13H18O4. The lowest BCUT2D eigenvalue weighted by atomic mass is 10.1. The minimum atomic E-state index is -0.881. The highest BCUT2D eigenvalue weighted by Gasteiger charge is 2.15. The van der Waals surface area contributed by atoms with Crippen molar-refractivity contribution in [1.29, 1.82) is 0 Å². The van der Waals surface area contributed by atoms with E-state index in [0.29, 0.717) is 11.3 Å². The summed E-state index contributed by atoms with van der Waals surface area (Å²) in [6.45, 7) is 5.38. The number of esters is 1. The zero-order chi connectivity index (χ0) is 13.1. The number of carbonyl (C=O) groups is 1. The Bertz CT molecular complexity index is 404. The van der Waals surface area contributed by atoms with Crippen molar-refractivity contribution in [2.24, 2.45) is 0 Å². The van der Waals surface area contributed by atoms with Gasteiger partial charge in [0.25, 0.3) is 0 Å². The molecule has 0 amide bonds. The molecule has 0 fully saturated rings. The summed E-state index contributed by atoms with van der Waals surface area (Å²) in [4.78, 5) is 11.3. The second-order valence-electron chi connectivity index (χ2n) is 4.57. The predicted octanol–water partition coefficient (Wildman–Crippen LogP) is 1.93. The maximum Gasteiger partial charge on any atom is 0.337 e. The second kappa shape index (κ2) is 5.19. The summed E-state index contributed by atoms with van der Waals surface area (Å²) in [5, 5.41) is 9.55. The van der Waals surface area contributed by atoms with E-state index in [2.05, 4.69) is 4.74 Å². The Hall–Kier alpha value is -1.55. The molecule has 0 unspecified atom stereocenters. The first kappa shape index (κ1) is 13.5. The smallest absolute Gasteiger partial charge is 0.337 e.